The molecule has 28 heavy (non-hydrogen) atoms. The molecule has 0 atom stereocenters. The lowest BCUT2D eigenvalue weighted by molar-refractivity contribution is -0.134. The van der Waals surface area contributed by atoms with E-state index in [9.17, 15) is 9.59 Å². The Balaban J connectivity index is 1.92. The molecule has 0 spiro atoms. The van der Waals surface area contributed by atoms with E-state index in [-0.39, 0.29) is 11.7 Å². The molecule has 2 aromatic rings. The second-order valence-electron chi connectivity index (χ2n) is 6.61. The highest BCUT2D eigenvalue weighted by atomic mass is 127. The molecule has 3 rings (SSSR count). The van der Waals surface area contributed by atoms with Crippen molar-refractivity contribution in [3.05, 3.63) is 67.4 Å². The van der Waals surface area contributed by atoms with E-state index in [1.54, 1.807) is 13.0 Å². The standard InChI is InChI=1S/C22H20INO4/c1-5-19(25)27-20-13(3)8-15(9-14(20)4)11-18-22(26)28-21(24-18)16-6-7-17(23)12(2)10-16/h6-11H,5H2,1-4H3/b18-11-. The molecule has 1 aliphatic heterocycles. The van der Waals surface area contributed by atoms with Crippen molar-refractivity contribution in [2.24, 2.45) is 4.99 Å². The van der Waals surface area contributed by atoms with Crippen LogP contribution in [0.1, 0.15) is 41.2 Å². The highest BCUT2D eigenvalue weighted by Gasteiger charge is 2.24. The van der Waals surface area contributed by atoms with Gasteiger partial charge in [0.1, 0.15) is 5.75 Å². The largest absolute Gasteiger partial charge is 0.426 e. The van der Waals surface area contributed by atoms with Crippen molar-refractivity contribution in [3.8, 4) is 5.75 Å². The first kappa shape index (κ1) is 20.3. The second kappa shape index (κ2) is 8.26. The number of cyclic esters (lactones) is 1. The van der Waals surface area contributed by atoms with Crippen molar-refractivity contribution >= 4 is 46.5 Å². The first-order chi connectivity index (χ1) is 13.3. The van der Waals surface area contributed by atoms with E-state index in [0.717, 1.165) is 31.4 Å². The second-order valence-corrected chi connectivity index (χ2v) is 7.77. The summed E-state index contributed by atoms with van der Waals surface area (Å²) in [6, 6.07) is 9.51. The lowest BCUT2D eigenvalue weighted by Crippen LogP contribution is -2.08. The summed E-state index contributed by atoms with van der Waals surface area (Å²) >= 11 is 2.26. The highest BCUT2D eigenvalue weighted by molar-refractivity contribution is 14.1. The number of aliphatic imine (C=N–C) groups is 1. The Morgan fingerprint density at radius 1 is 1.14 bits per heavy atom. The first-order valence-corrected chi connectivity index (χ1v) is 9.97. The molecular weight excluding hydrogens is 469 g/mol. The average molecular weight is 489 g/mol. The number of aryl methyl sites for hydroxylation is 3. The van der Waals surface area contributed by atoms with Gasteiger partial charge < -0.3 is 9.47 Å². The zero-order chi connectivity index (χ0) is 20.4. The number of benzene rings is 2. The van der Waals surface area contributed by atoms with Crippen LogP contribution in [0, 0.1) is 24.3 Å². The normalized spacial score (nSPS) is 14.8. The van der Waals surface area contributed by atoms with Gasteiger partial charge in [-0.2, -0.15) is 0 Å². The molecule has 0 fully saturated rings. The first-order valence-electron chi connectivity index (χ1n) is 8.89. The van der Waals surface area contributed by atoms with Crippen LogP contribution in [-0.4, -0.2) is 17.8 Å². The van der Waals surface area contributed by atoms with E-state index in [1.807, 2.05) is 51.1 Å². The maximum atomic E-state index is 12.3. The molecular formula is C22H20INO4. The summed E-state index contributed by atoms with van der Waals surface area (Å²) in [4.78, 5) is 28.2. The van der Waals surface area contributed by atoms with E-state index in [0.29, 0.717) is 18.1 Å². The fraction of sp³-hybridized carbons (Fsp3) is 0.227. The van der Waals surface area contributed by atoms with Gasteiger partial charge in [-0.1, -0.05) is 6.92 Å². The van der Waals surface area contributed by atoms with Gasteiger partial charge in [-0.3, -0.25) is 4.79 Å². The van der Waals surface area contributed by atoms with Gasteiger partial charge in [-0.15, -0.1) is 0 Å². The zero-order valence-corrected chi connectivity index (χ0v) is 18.3. The summed E-state index contributed by atoms with van der Waals surface area (Å²) < 4.78 is 11.9. The summed E-state index contributed by atoms with van der Waals surface area (Å²) in [5, 5.41) is 0. The third-order valence-corrected chi connectivity index (χ3v) is 5.53. The Kier molecular flexibility index (Phi) is 5.98. The van der Waals surface area contributed by atoms with Crippen molar-refractivity contribution in [2.45, 2.75) is 34.1 Å². The summed E-state index contributed by atoms with van der Waals surface area (Å²) in [5.74, 6) is 0.0981. The molecule has 1 heterocycles. The topological polar surface area (TPSA) is 65.0 Å². The number of carbonyl (C=O) groups excluding carboxylic acids is 2. The van der Waals surface area contributed by atoms with Crippen LogP contribution in [0.2, 0.25) is 0 Å². The predicted octanol–water partition coefficient (Wildman–Crippen LogP) is 4.88. The SMILES string of the molecule is CCC(=O)Oc1c(C)cc(/C=C2\N=C(c3ccc(I)c(C)c3)OC2=O)cc1C. The number of esters is 2. The van der Waals surface area contributed by atoms with Gasteiger partial charge in [-0.05, 0) is 102 Å². The number of nitrogens with zero attached hydrogens (tertiary/aromatic N) is 1. The van der Waals surface area contributed by atoms with E-state index >= 15 is 0 Å². The van der Waals surface area contributed by atoms with Gasteiger partial charge in [0.15, 0.2) is 5.70 Å². The molecule has 0 saturated carbocycles. The van der Waals surface area contributed by atoms with Crippen molar-refractivity contribution in [2.75, 3.05) is 0 Å². The zero-order valence-electron chi connectivity index (χ0n) is 16.1. The number of hydrogen-bond donors (Lipinski definition) is 0. The van der Waals surface area contributed by atoms with E-state index in [1.165, 1.54) is 0 Å². The number of halogens is 1. The van der Waals surface area contributed by atoms with Crippen LogP contribution in [-0.2, 0) is 14.3 Å². The third-order valence-electron chi connectivity index (χ3n) is 4.32. The van der Waals surface area contributed by atoms with Gasteiger partial charge in [-0.25, -0.2) is 9.79 Å². The number of ether oxygens (including phenoxy) is 2. The minimum atomic E-state index is -0.483. The molecule has 0 aliphatic carbocycles. The Labute approximate surface area is 177 Å². The summed E-state index contributed by atoms with van der Waals surface area (Å²) in [5.41, 5.74) is 4.53. The summed E-state index contributed by atoms with van der Waals surface area (Å²) in [6.07, 6.45) is 1.99. The van der Waals surface area contributed by atoms with Crippen LogP contribution >= 0.6 is 22.6 Å². The van der Waals surface area contributed by atoms with Crippen LogP contribution in [0.15, 0.2) is 41.0 Å². The smallest absolute Gasteiger partial charge is 0.363 e. The molecule has 0 N–H and O–H groups in total. The maximum absolute atomic E-state index is 12.3. The third kappa shape index (κ3) is 4.32. The lowest BCUT2D eigenvalue weighted by Gasteiger charge is -2.11. The van der Waals surface area contributed by atoms with Crippen molar-refractivity contribution in [1.82, 2.24) is 0 Å². The van der Waals surface area contributed by atoms with Gasteiger partial charge >= 0.3 is 11.9 Å². The maximum Gasteiger partial charge on any atom is 0.363 e. The Bertz CT molecular complexity index is 1010. The Morgan fingerprint density at radius 2 is 1.82 bits per heavy atom. The van der Waals surface area contributed by atoms with Crippen LogP contribution in [0.25, 0.3) is 6.08 Å². The number of hydrogen-bond acceptors (Lipinski definition) is 5. The molecule has 0 radical (unpaired) electrons. The molecule has 144 valence electrons. The Morgan fingerprint density at radius 3 is 2.43 bits per heavy atom. The number of carbonyl (C=O) groups is 2. The van der Waals surface area contributed by atoms with Crippen LogP contribution in [0.3, 0.4) is 0 Å². The fourth-order valence-electron chi connectivity index (χ4n) is 2.88. The number of rotatable bonds is 4. The van der Waals surface area contributed by atoms with Crippen molar-refractivity contribution < 1.29 is 19.1 Å². The van der Waals surface area contributed by atoms with Crippen LogP contribution < -0.4 is 4.74 Å². The van der Waals surface area contributed by atoms with E-state index in [2.05, 4.69) is 27.6 Å². The molecule has 0 bridgehead atoms. The molecule has 0 aromatic heterocycles. The van der Waals surface area contributed by atoms with Gasteiger partial charge in [0, 0.05) is 15.6 Å². The molecule has 0 saturated heterocycles. The summed E-state index contributed by atoms with van der Waals surface area (Å²) in [7, 11) is 0. The van der Waals surface area contributed by atoms with Crippen LogP contribution in [0.4, 0.5) is 0 Å². The van der Waals surface area contributed by atoms with Gasteiger partial charge in [0.25, 0.3) is 0 Å². The van der Waals surface area contributed by atoms with Crippen LogP contribution in [0.5, 0.6) is 5.75 Å². The lowest BCUT2D eigenvalue weighted by atomic mass is 10.0. The van der Waals surface area contributed by atoms with Crippen molar-refractivity contribution in [1.29, 1.82) is 0 Å². The Hall–Kier alpha value is -2.48. The fourth-order valence-corrected chi connectivity index (χ4v) is 3.22. The molecule has 0 unspecified atom stereocenters. The molecule has 0 amide bonds. The monoisotopic (exact) mass is 489 g/mol. The molecule has 5 nitrogen and oxygen atoms in total. The van der Waals surface area contributed by atoms with E-state index in [4.69, 9.17) is 9.47 Å². The van der Waals surface area contributed by atoms with Gasteiger partial charge in [0.2, 0.25) is 5.90 Å². The predicted molar refractivity (Wildman–Crippen MR) is 116 cm³/mol. The molecule has 6 heteroatoms. The average Bonchev–Trinajstić information content (AvgIpc) is 3.00. The molecule has 2 aromatic carbocycles. The summed E-state index contributed by atoms with van der Waals surface area (Å²) in [6.45, 7) is 7.48. The molecule has 1 aliphatic rings. The van der Waals surface area contributed by atoms with Crippen molar-refractivity contribution in [3.63, 3.8) is 0 Å². The van der Waals surface area contributed by atoms with Gasteiger partial charge in [0.05, 0.1) is 0 Å². The minimum absolute atomic E-state index is 0.239. The minimum Gasteiger partial charge on any atom is -0.426 e. The highest BCUT2D eigenvalue weighted by Crippen LogP contribution is 2.28. The van der Waals surface area contributed by atoms with E-state index < -0.39 is 5.97 Å². The quantitative estimate of drug-likeness (QED) is 0.266.